The summed E-state index contributed by atoms with van der Waals surface area (Å²) in [5, 5.41) is 2.85. The van der Waals surface area contributed by atoms with Crippen molar-refractivity contribution >= 4 is 26.5 Å². The van der Waals surface area contributed by atoms with Crippen molar-refractivity contribution in [3.05, 3.63) is 72.4 Å². The highest BCUT2D eigenvalue weighted by Crippen LogP contribution is 2.05. The van der Waals surface area contributed by atoms with Crippen LogP contribution in [0.15, 0.2) is 72.4 Å². The van der Waals surface area contributed by atoms with Crippen LogP contribution in [0, 0.1) is 11.5 Å². The first kappa shape index (κ1) is 16.5. The van der Waals surface area contributed by atoms with Crippen molar-refractivity contribution in [2.45, 2.75) is 26.2 Å². The monoisotopic (exact) mass is 320 g/mol. The van der Waals surface area contributed by atoms with Gasteiger partial charge in [-0.25, -0.2) is 0 Å². The van der Waals surface area contributed by atoms with E-state index in [0.717, 1.165) is 0 Å². The molecule has 0 amide bonds. The highest BCUT2D eigenvalue weighted by atomic mass is 28.3. The predicted molar refractivity (Wildman–Crippen MR) is 104 cm³/mol. The highest BCUT2D eigenvalue weighted by Gasteiger charge is 2.20. The van der Waals surface area contributed by atoms with E-state index in [1.807, 2.05) is 0 Å². The molecular weight excluding hydrogens is 296 g/mol. The van der Waals surface area contributed by atoms with E-state index in [2.05, 4.69) is 110 Å². The highest BCUT2D eigenvalue weighted by molar-refractivity contribution is 6.96. The topological polar surface area (TPSA) is 0 Å². The molecule has 112 valence electrons. The molecule has 0 aliphatic carbocycles. The summed E-state index contributed by atoms with van der Waals surface area (Å²) in [6, 6.07) is 21.4. The van der Waals surface area contributed by atoms with Gasteiger partial charge in [0.15, 0.2) is 8.07 Å². The molecule has 0 aliphatic rings. The molecule has 0 saturated heterocycles. The van der Waals surface area contributed by atoms with E-state index in [1.54, 1.807) is 0 Å². The number of allylic oxidation sites excluding steroid dienone is 1. The van der Waals surface area contributed by atoms with Crippen LogP contribution >= 0.6 is 0 Å². The number of rotatable bonds is 3. The Labute approximate surface area is 136 Å². The Hall–Kier alpha value is -1.83. The van der Waals surface area contributed by atoms with Gasteiger partial charge in [-0.2, -0.15) is 0 Å². The van der Waals surface area contributed by atoms with Crippen molar-refractivity contribution in [2.24, 2.45) is 0 Å². The average Bonchev–Trinajstić information content (AvgIpc) is 2.53. The third-order valence-corrected chi connectivity index (χ3v) is 9.35. The minimum atomic E-state index is -1.65. The van der Waals surface area contributed by atoms with Crippen LogP contribution in [0.1, 0.15) is 0 Å². The fourth-order valence-corrected chi connectivity index (χ4v) is 5.72. The Balaban J connectivity index is 2.13. The van der Waals surface area contributed by atoms with Gasteiger partial charge in [-0.15, -0.1) is 5.54 Å². The zero-order chi connectivity index (χ0) is 16.1. The van der Waals surface area contributed by atoms with E-state index in [9.17, 15) is 0 Å². The minimum absolute atomic E-state index is 1.40. The lowest BCUT2D eigenvalue weighted by Gasteiger charge is -2.17. The molecule has 2 rings (SSSR count). The summed E-state index contributed by atoms with van der Waals surface area (Å²) in [4.78, 5) is 0. The van der Waals surface area contributed by atoms with Gasteiger partial charge in [-0.3, -0.25) is 0 Å². The van der Waals surface area contributed by atoms with Crippen LogP contribution in [0.5, 0.6) is 0 Å². The van der Waals surface area contributed by atoms with Crippen LogP contribution in [-0.4, -0.2) is 16.1 Å². The van der Waals surface area contributed by atoms with Gasteiger partial charge in [0.1, 0.15) is 8.07 Å². The van der Waals surface area contributed by atoms with Gasteiger partial charge >= 0.3 is 0 Å². The van der Waals surface area contributed by atoms with Crippen LogP contribution < -0.4 is 10.4 Å². The summed E-state index contributed by atoms with van der Waals surface area (Å²) in [7, 11) is -3.17. The van der Waals surface area contributed by atoms with Gasteiger partial charge in [0, 0.05) is 0 Å². The Kier molecular flexibility index (Phi) is 5.23. The standard InChI is InChI=1S/C20H24Si2/c1-21(2,19-13-7-5-8-14-19)17-11-12-18-22(3,4)20-15-9-6-10-16-20/h5-11,13-17H,1-4H3. The summed E-state index contributed by atoms with van der Waals surface area (Å²) < 4.78 is 0. The van der Waals surface area contributed by atoms with Gasteiger partial charge in [-0.1, -0.05) is 104 Å². The van der Waals surface area contributed by atoms with Gasteiger partial charge in [-0.05, 0) is 11.3 Å². The molecule has 0 spiro atoms. The first-order chi connectivity index (χ1) is 10.4. The van der Waals surface area contributed by atoms with Crippen molar-refractivity contribution in [1.29, 1.82) is 0 Å². The van der Waals surface area contributed by atoms with E-state index in [4.69, 9.17) is 0 Å². The smallest absolute Gasteiger partial charge is 0.121 e. The second kappa shape index (κ2) is 6.96. The molecule has 0 bridgehead atoms. The number of hydrogen-bond acceptors (Lipinski definition) is 0. The van der Waals surface area contributed by atoms with E-state index in [0.29, 0.717) is 0 Å². The van der Waals surface area contributed by atoms with Crippen molar-refractivity contribution in [2.75, 3.05) is 0 Å². The normalized spacial score (nSPS) is 12.0. The molecule has 0 aromatic heterocycles. The zero-order valence-corrected chi connectivity index (χ0v) is 15.9. The third-order valence-electron chi connectivity index (χ3n) is 3.98. The van der Waals surface area contributed by atoms with Gasteiger partial charge in [0.25, 0.3) is 0 Å². The molecule has 2 aromatic carbocycles. The quantitative estimate of drug-likeness (QED) is 0.595. The molecule has 2 aromatic rings. The molecule has 0 aliphatic heterocycles. The molecule has 0 radical (unpaired) electrons. The molecule has 2 heteroatoms. The lowest BCUT2D eigenvalue weighted by Crippen LogP contribution is -2.40. The second-order valence-corrected chi connectivity index (χ2v) is 15.1. The SMILES string of the molecule is C[Si](C)(C#CC=C[Si](C)(C)c1ccccc1)c1ccccc1. The van der Waals surface area contributed by atoms with Crippen LogP contribution in [0.3, 0.4) is 0 Å². The van der Waals surface area contributed by atoms with E-state index in [1.165, 1.54) is 10.4 Å². The third kappa shape index (κ3) is 4.33. The zero-order valence-electron chi connectivity index (χ0n) is 13.9. The predicted octanol–water partition coefficient (Wildman–Crippen LogP) is 3.86. The Morgan fingerprint density at radius 2 is 1.23 bits per heavy atom. The van der Waals surface area contributed by atoms with Crippen molar-refractivity contribution in [3.8, 4) is 11.5 Å². The van der Waals surface area contributed by atoms with Crippen molar-refractivity contribution < 1.29 is 0 Å². The molecule has 0 heterocycles. The van der Waals surface area contributed by atoms with Crippen molar-refractivity contribution in [1.82, 2.24) is 0 Å². The largest absolute Gasteiger partial charge is 0.163 e. The minimum Gasteiger partial charge on any atom is -0.121 e. The molecule has 22 heavy (non-hydrogen) atoms. The Morgan fingerprint density at radius 1 is 0.727 bits per heavy atom. The van der Waals surface area contributed by atoms with Gasteiger partial charge in [0.2, 0.25) is 0 Å². The van der Waals surface area contributed by atoms with Gasteiger partial charge in [0.05, 0.1) is 0 Å². The van der Waals surface area contributed by atoms with Crippen LogP contribution in [0.2, 0.25) is 26.2 Å². The first-order valence-corrected chi connectivity index (χ1v) is 13.8. The van der Waals surface area contributed by atoms with Crippen molar-refractivity contribution in [3.63, 3.8) is 0 Å². The van der Waals surface area contributed by atoms with Crippen LogP contribution in [0.4, 0.5) is 0 Å². The Bertz CT molecular complexity index is 687. The first-order valence-electron chi connectivity index (χ1n) is 7.73. The summed E-state index contributed by atoms with van der Waals surface area (Å²) in [6.45, 7) is 9.34. The van der Waals surface area contributed by atoms with Gasteiger partial charge < -0.3 is 0 Å². The molecule has 0 fully saturated rings. The second-order valence-electron chi connectivity index (χ2n) is 6.68. The summed E-state index contributed by atoms with van der Waals surface area (Å²) in [6.07, 6.45) is 2.08. The van der Waals surface area contributed by atoms with E-state index < -0.39 is 16.1 Å². The number of hydrogen-bond donors (Lipinski definition) is 0. The molecule has 0 nitrogen and oxygen atoms in total. The molecule has 0 saturated carbocycles. The maximum atomic E-state index is 3.52. The van der Waals surface area contributed by atoms with E-state index >= 15 is 0 Å². The van der Waals surface area contributed by atoms with Crippen LogP contribution in [-0.2, 0) is 0 Å². The maximum Gasteiger partial charge on any atom is 0.163 e. The summed E-state index contributed by atoms with van der Waals surface area (Å²) in [5.41, 5.74) is 5.86. The molecule has 0 unspecified atom stereocenters. The molecule has 0 atom stereocenters. The lowest BCUT2D eigenvalue weighted by molar-refractivity contribution is 1.71. The molecular formula is C20H24Si2. The maximum absolute atomic E-state index is 3.52. The average molecular weight is 321 g/mol. The Morgan fingerprint density at radius 3 is 1.77 bits per heavy atom. The fraction of sp³-hybridized carbons (Fsp3) is 0.200. The molecule has 0 N–H and O–H groups in total. The van der Waals surface area contributed by atoms with E-state index in [-0.39, 0.29) is 0 Å². The summed E-state index contributed by atoms with van der Waals surface area (Å²) >= 11 is 0. The fourth-order valence-electron chi connectivity index (χ4n) is 2.36. The van der Waals surface area contributed by atoms with Crippen LogP contribution in [0.25, 0.3) is 0 Å². The number of benzene rings is 2. The lowest BCUT2D eigenvalue weighted by atomic mass is 10.4. The summed E-state index contributed by atoms with van der Waals surface area (Å²) in [5.74, 6) is 3.32.